The van der Waals surface area contributed by atoms with Crippen molar-refractivity contribution in [1.29, 1.82) is 0 Å². The zero-order valence-corrected chi connectivity index (χ0v) is 11.9. The molecule has 0 spiro atoms. The van der Waals surface area contributed by atoms with Gasteiger partial charge in [0.05, 0.1) is 12.7 Å². The molecule has 112 valence electrons. The van der Waals surface area contributed by atoms with E-state index in [0.29, 0.717) is 13.2 Å². The Labute approximate surface area is 118 Å². The van der Waals surface area contributed by atoms with Gasteiger partial charge in [-0.15, -0.1) is 0 Å². The fraction of sp³-hybridized carbons (Fsp3) is 0.600. The summed E-state index contributed by atoms with van der Waals surface area (Å²) in [5.74, 6) is 0. The molecule has 0 bridgehead atoms. The predicted molar refractivity (Wildman–Crippen MR) is 74.8 cm³/mol. The Bertz CT molecular complexity index is 442. The summed E-state index contributed by atoms with van der Waals surface area (Å²) in [5.41, 5.74) is 6.80. The molecule has 5 heteroatoms. The van der Waals surface area contributed by atoms with Crippen LogP contribution < -0.4 is 5.73 Å². The maximum Gasteiger partial charge on any atom is 0.263 e. The van der Waals surface area contributed by atoms with Gasteiger partial charge in [0.1, 0.15) is 0 Å². The van der Waals surface area contributed by atoms with Crippen molar-refractivity contribution >= 4 is 0 Å². The summed E-state index contributed by atoms with van der Waals surface area (Å²) in [6.07, 6.45) is -2.31. The highest BCUT2D eigenvalue weighted by molar-refractivity contribution is 5.27. The van der Waals surface area contributed by atoms with E-state index in [4.69, 9.17) is 10.5 Å². The second-order valence-electron chi connectivity index (χ2n) is 5.41. The highest BCUT2D eigenvalue weighted by Crippen LogP contribution is 2.28. The Hall–Kier alpha value is -1.04. The van der Waals surface area contributed by atoms with Crippen LogP contribution in [0, 0.1) is 0 Å². The number of ether oxygens (including phenoxy) is 1. The minimum Gasteiger partial charge on any atom is -0.376 e. The molecule has 1 aromatic carbocycles. The van der Waals surface area contributed by atoms with E-state index < -0.39 is 6.43 Å². The van der Waals surface area contributed by atoms with Crippen LogP contribution in [0.5, 0.6) is 0 Å². The van der Waals surface area contributed by atoms with Crippen molar-refractivity contribution in [1.82, 2.24) is 4.90 Å². The van der Waals surface area contributed by atoms with E-state index in [0.717, 1.165) is 12.1 Å². The van der Waals surface area contributed by atoms with E-state index in [1.807, 2.05) is 13.0 Å². The lowest BCUT2D eigenvalue weighted by Crippen LogP contribution is -2.50. The maximum absolute atomic E-state index is 12.8. The molecule has 2 N–H and O–H groups in total. The average molecular weight is 284 g/mol. The fourth-order valence-electron chi connectivity index (χ4n) is 2.73. The van der Waals surface area contributed by atoms with Crippen LogP contribution in [-0.4, -0.2) is 36.7 Å². The number of morpholine rings is 1. The van der Waals surface area contributed by atoms with Crippen molar-refractivity contribution in [3.05, 3.63) is 35.4 Å². The van der Waals surface area contributed by atoms with E-state index in [2.05, 4.69) is 11.8 Å². The first-order valence-electron chi connectivity index (χ1n) is 6.98. The molecule has 1 aromatic rings. The Morgan fingerprint density at radius 3 is 2.70 bits per heavy atom. The van der Waals surface area contributed by atoms with Crippen molar-refractivity contribution < 1.29 is 13.5 Å². The molecule has 0 aromatic heterocycles. The smallest absolute Gasteiger partial charge is 0.263 e. The number of hydrogen-bond donors (Lipinski definition) is 1. The molecule has 0 amide bonds. The van der Waals surface area contributed by atoms with E-state index in [9.17, 15) is 8.78 Å². The Morgan fingerprint density at radius 2 is 2.05 bits per heavy atom. The fourth-order valence-corrected chi connectivity index (χ4v) is 2.73. The Kier molecular flexibility index (Phi) is 5.07. The maximum atomic E-state index is 12.8. The molecule has 3 nitrogen and oxygen atoms in total. The van der Waals surface area contributed by atoms with Crippen LogP contribution in [0.25, 0.3) is 0 Å². The van der Waals surface area contributed by atoms with Gasteiger partial charge in [-0.2, -0.15) is 0 Å². The van der Waals surface area contributed by atoms with Crippen LogP contribution in [0.1, 0.15) is 37.4 Å². The quantitative estimate of drug-likeness (QED) is 0.924. The zero-order valence-electron chi connectivity index (χ0n) is 11.9. The Morgan fingerprint density at radius 1 is 1.35 bits per heavy atom. The second kappa shape index (κ2) is 6.61. The zero-order chi connectivity index (χ0) is 14.7. The number of halogens is 2. The van der Waals surface area contributed by atoms with Gasteiger partial charge in [0.25, 0.3) is 6.43 Å². The second-order valence-corrected chi connectivity index (χ2v) is 5.41. The van der Waals surface area contributed by atoms with E-state index in [1.54, 1.807) is 12.1 Å². The summed E-state index contributed by atoms with van der Waals surface area (Å²) in [6.45, 7) is 5.91. The third kappa shape index (κ3) is 3.34. The summed E-state index contributed by atoms with van der Waals surface area (Å²) in [5, 5.41) is 0. The van der Waals surface area contributed by atoms with Gasteiger partial charge in [0.15, 0.2) is 0 Å². The number of nitrogens with two attached hydrogens (primary N) is 1. The molecule has 1 aliphatic rings. The first-order chi connectivity index (χ1) is 9.52. The molecular formula is C15H22F2N2O. The van der Waals surface area contributed by atoms with Gasteiger partial charge in [0, 0.05) is 30.7 Å². The van der Waals surface area contributed by atoms with Crippen LogP contribution in [0.2, 0.25) is 0 Å². The Balaban J connectivity index is 2.24. The molecule has 3 atom stereocenters. The van der Waals surface area contributed by atoms with Crippen LogP contribution in [0.4, 0.5) is 8.78 Å². The van der Waals surface area contributed by atoms with Crippen molar-refractivity contribution in [3.8, 4) is 0 Å². The number of nitrogens with zero attached hydrogens (tertiary/aromatic N) is 1. The standard InChI is InChI=1S/C15H22F2N2O/c1-10-9-20-11(2)8-19(10)14(7-18)12-4-3-5-13(6-12)15(16)17/h3-6,10-11,14-15H,7-9,18H2,1-2H3. The molecular weight excluding hydrogens is 262 g/mol. The minimum absolute atomic E-state index is 0.0463. The number of hydrogen-bond acceptors (Lipinski definition) is 3. The molecule has 0 aliphatic carbocycles. The molecule has 1 heterocycles. The number of benzene rings is 1. The monoisotopic (exact) mass is 284 g/mol. The third-order valence-corrected chi connectivity index (χ3v) is 3.83. The summed E-state index contributed by atoms with van der Waals surface area (Å²) in [7, 11) is 0. The SMILES string of the molecule is CC1CN(C(CN)c2cccc(C(F)F)c2)C(C)CO1. The van der Waals surface area contributed by atoms with Crippen molar-refractivity contribution in [2.45, 2.75) is 38.5 Å². The van der Waals surface area contributed by atoms with Gasteiger partial charge in [-0.3, -0.25) is 4.90 Å². The molecule has 1 saturated heterocycles. The number of rotatable bonds is 4. The highest BCUT2D eigenvalue weighted by atomic mass is 19.3. The van der Waals surface area contributed by atoms with Crippen LogP contribution in [0.3, 0.4) is 0 Å². The van der Waals surface area contributed by atoms with Crippen LogP contribution in [0.15, 0.2) is 24.3 Å². The van der Waals surface area contributed by atoms with Gasteiger partial charge in [-0.1, -0.05) is 18.2 Å². The summed E-state index contributed by atoms with van der Waals surface area (Å²) in [6, 6.07) is 6.75. The van der Waals surface area contributed by atoms with E-state index in [1.165, 1.54) is 6.07 Å². The minimum atomic E-state index is -2.45. The van der Waals surface area contributed by atoms with Crippen LogP contribution in [-0.2, 0) is 4.74 Å². The summed E-state index contributed by atoms with van der Waals surface area (Å²) >= 11 is 0. The van der Waals surface area contributed by atoms with Gasteiger partial charge >= 0.3 is 0 Å². The average Bonchev–Trinajstić information content (AvgIpc) is 2.44. The van der Waals surface area contributed by atoms with Gasteiger partial charge in [0.2, 0.25) is 0 Å². The van der Waals surface area contributed by atoms with Crippen molar-refractivity contribution in [2.24, 2.45) is 5.73 Å². The highest BCUT2D eigenvalue weighted by Gasteiger charge is 2.30. The summed E-state index contributed by atoms with van der Waals surface area (Å²) < 4.78 is 31.3. The lowest BCUT2D eigenvalue weighted by molar-refractivity contribution is -0.0654. The largest absolute Gasteiger partial charge is 0.376 e. The van der Waals surface area contributed by atoms with Crippen molar-refractivity contribution in [2.75, 3.05) is 19.7 Å². The van der Waals surface area contributed by atoms with Crippen molar-refractivity contribution in [3.63, 3.8) is 0 Å². The van der Waals surface area contributed by atoms with E-state index >= 15 is 0 Å². The van der Waals surface area contributed by atoms with Gasteiger partial charge in [-0.05, 0) is 25.5 Å². The molecule has 0 radical (unpaired) electrons. The molecule has 2 rings (SSSR count). The predicted octanol–water partition coefficient (Wildman–Crippen LogP) is 2.73. The molecule has 20 heavy (non-hydrogen) atoms. The lowest BCUT2D eigenvalue weighted by Gasteiger charge is -2.41. The molecule has 0 saturated carbocycles. The normalized spacial score (nSPS) is 25.9. The summed E-state index contributed by atoms with van der Waals surface area (Å²) in [4.78, 5) is 2.25. The molecule has 3 unspecified atom stereocenters. The van der Waals surface area contributed by atoms with Gasteiger partial charge < -0.3 is 10.5 Å². The van der Waals surface area contributed by atoms with Crippen LogP contribution >= 0.6 is 0 Å². The number of alkyl halides is 2. The third-order valence-electron chi connectivity index (χ3n) is 3.83. The lowest BCUT2D eigenvalue weighted by atomic mass is 10.00. The molecule has 1 fully saturated rings. The van der Waals surface area contributed by atoms with Gasteiger partial charge in [-0.25, -0.2) is 8.78 Å². The first kappa shape index (κ1) is 15.4. The van der Waals surface area contributed by atoms with E-state index in [-0.39, 0.29) is 23.8 Å². The molecule has 1 aliphatic heterocycles. The first-order valence-corrected chi connectivity index (χ1v) is 6.98. The topological polar surface area (TPSA) is 38.5 Å².